The van der Waals surface area contributed by atoms with Crippen molar-refractivity contribution >= 4 is 34.5 Å². The number of carbonyl (C=O) groups is 1. The van der Waals surface area contributed by atoms with E-state index in [1.54, 1.807) is 0 Å². The number of piperidine rings is 1. The van der Waals surface area contributed by atoms with E-state index >= 15 is 0 Å². The highest BCUT2D eigenvalue weighted by molar-refractivity contribution is 6.31. The maximum atomic E-state index is 12.8. The Morgan fingerprint density at radius 2 is 2.21 bits per heavy atom. The molecule has 0 bridgehead atoms. The van der Waals surface area contributed by atoms with Gasteiger partial charge in [-0.2, -0.15) is 0 Å². The molecule has 1 amide bonds. The second-order valence-electron chi connectivity index (χ2n) is 7.27. The van der Waals surface area contributed by atoms with Gasteiger partial charge in [0.05, 0.1) is 23.6 Å². The van der Waals surface area contributed by atoms with E-state index in [0.717, 1.165) is 47.7 Å². The van der Waals surface area contributed by atoms with Gasteiger partial charge in [0.2, 0.25) is 11.9 Å². The minimum absolute atomic E-state index is 0.0696. The first kappa shape index (κ1) is 19.6. The topological polar surface area (TPSA) is 70.2 Å². The van der Waals surface area contributed by atoms with Crippen molar-refractivity contribution in [3.63, 3.8) is 0 Å². The summed E-state index contributed by atoms with van der Waals surface area (Å²) >= 11 is 6.07. The second-order valence-corrected chi connectivity index (χ2v) is 7.70. The van der Waals surface area contributed by atoms with Crippen LogP contribution in [0.15, 0.2) is 42.5 Å². The molecule has 1 atom stereocenters. The first-order valence-corrected chi connectivity index (χ1v) is 10.4. The van der Waals surface area contributed by atoms with Gasteiger partial charge in [0.25, 0.3) is 0 Å². The number of aromatic nitrogens is 2. The van der Waals surface area contributed by atoms with Crippen molar-refractivity contribution in [3.8, 4) is 5.75 Å². The van der Waals surface area contributed by atoms with Crippen molar-refractivity contribution in [1.29, 1.82) is 0 Å². The van der Waals surface area contributed by atoms with E-state index in [-0.39, 0.29) is 11.8 Å². The maximum absolute atomic E-state index is 12.8. The number of carbonyl (C=O) groups excluding carboxylic acids is 1. The van der Waals surface area contributed by atoms with E-state index in [1.165, 1.54) is 0 Å². The van der Waals surface area contributed by atoms with Crippen molar-refractivity contribution in [3.05, 3.63) is 53.1 Å². The fourth-order valence-corrected chi connectivity index (χ4v) is 3.95. The third-order valence-corrected chi connectivity index (χ3v) is 5.48. The molecule has 4 rings (SSSR count). The molecule has 1 aliphatic rings. The van der Waals surface area contributed by atoms with Gasteiger partial charge >= 0.3 is 0 Å². The Kier molecular flexibility index (Phi) is 5.90. The number of imidazole rings is 1. The van der Waals surface area contributed by atoms with Crippen LogP contribution in [0.4, 0.5) is 5.95 Å². The number of benzene rings is 2. The van der Waals surface area contributed by atoms with Crippen LogP contribution in [0.2, 0.25) is 5.02 Å². The van der Waals surface area contributed by atoms with Crippen LogP contribution in [-0.4, -0.2) is 35.6 Å². The highest BCUT2D eigenvalue weighted by atomic mass is 35.5. The number of fused-ring (bicyclic) bond motifs is 1. The molecule has 1 saturated heterocycles. The third kappa shape index (κ3) is 4.48. The number of anilines is 1. The number of hydrogen-bond acceptors (Lipinski definition) is 4. The number of halogens is 1. The van der Waals surface area contributed by atoms with Crippen LogP contribution in [0.3, 0.4) is 0 Å². The fourth-order valence-electron chi connectivity index (χ4n) is 3.77. The summed E-state index contributed by atoms with van der Waals surface area (Å²) in [6.45, 7) is 4.55. The monoisotopic (exact) mass is 412 g/mol. The van der Waals surface area contributed by atoms with E-state index in [9.17, 15) is 4.79 Å². The van der Waals surface area contributed by atoms with E-state index in [4.69, 9.17) is 16.3 Å². The lowest BCUT2D eigenvalue weighted by atomic mass is 9.97. The van der Waals surface area contributed by atoms with E-state index < -0.39 is 0 Å². The summed E-state index contributed by atoms with van der Waals surface area (Å²) < 4.78 is 5.65. The molecule has 2 aromatic carbocycles. The Morgan fingerprint density at radius 1 is 1.34 bits per heavy atom. The number of hydrogen-bond donors (Lipinski definition) is 2. The molecule has 6 nitrogen and oxygen atoms in total. The van der Waals surface area contributed by atoms with Gasteiger partial charge in [-0.05, 0) is 44.0 Å². The molecular formula is C22H25ClN4O2. The van der Waals surface area contributed by atoms with Gasteiger partial charge in [0, 0.05) is 30.2 Å². The van der Waals surface area contributed by atoms with Crippen LogP contribution >= 0.6 is 11.6 Å². The van der Waals surface area contributed by atoms with Crippen molar-refractivity contribution in [2.75, 3.05) is 24.6 Å². The van der Waals surface area contributed by atoms with Gasteiger partial charge in [-0.3, -0.25) is 4.79 Å². The number of ether oxygens (including phenoxy) is 1. The first-order chi connectivity index (χ1) is 14.1. The summed E-state index contributed by atoms with van der Waals surface area (Å²) in [4.78, 5) is 22.9. The van der Waals surface area contributed by atoms with Crippen LogP contribution < -0.4 is 15.0 Å². The lowest BCUT2D eigenvalue weighted by Crippen LogP contribution is -2.43. The van der Waals surface area contributed by atoms with Crippen LogP contribution in [0.5, 0.6) is 5.75 Å². The quantitative estimate of drug-likeness (QED) is 0.638. The van der Waals surface area contributed by atoms with E-state index in [2.05, 4.69) is 20.2 Å². The van der Waals surface area contributed by atoms with Gasteiger partial charge in [-0.1, -0.05) is 29.8 Å². The van der Waals surface area contributed by atoms with Crippen molar-refractivity contribution in [1.82, 2.24) is 15.3 Å². The zero-order valence-corrected chi connectivity index (χ0v) is 17.2. The van der Waals surface area contributed by atoms with Gasteiger partial charge in [-0.15, -0.1) is 0 Å². The summed E-state index contributed by atoms with van der Waals surface area (Å²) in [6, 6.07) is 13.4. The predicted octanol–water partition coefficient (Wildman–Crippen LogP) is 4.15. The van der Waals surface area contributed by atoms with Crippen LogP contribution in [0.25, 0.3) is 11.0 Å². The van der Waals surface area contributed by atoms with Crippen LogP contribution in [0, 0.1) is 5.92 Å². The lowest BCUT2D eigenvalue weighted by molar-refractivity contribution is -0.125. The number of rotatable bonds is 6. The van der Waals surface area contributed by atoms with Crippen molar-refractivity contribution < 1.29 is 9.53 Å². The Morgan fingerprint density at radius 3 is 3.07 bits per heavy atom. The Hall–Kier alpha value is -2.73. The molecule has 1 fully saturated rings. The molecule has 152 valence electrons. The molecule has 0 aliphatic carbocycles. The largest absolute Gasteiger partial charge is 0.494 e. The molecule has 29 heavy (non-hydrogen) atoms. The summed E-state index contributed by atoms with van der Waals surface area (Å²) in [7, 11) is 0. The number of nitrogens with zero attached hydrogens (tertiary/aromatic N) is 2. The highest BCUT2D eigenvalue weighted by Crippen LogP contribution is 2.25. The second kappa shape index (κ2) is 8.74. The zero-order valence-electron chi connectivity index (χ0n) is 16.5. The number of nitrogens with one attached hydrogen (secondary N) is 2. The molecule has 2 heterocycles. The molecule has 0 unspecified atom stereocenters. The minimum Gasteiger partial charge on any atom is -0.494 e. The van der Waals surface area contributed by atoms with Gasteiger partial charge < -0.3 is 19.9 Å². The highest BCUT2D eigenvalue weighted by Gasteiger charge is 2.27. The van der Waals surface area contributed by atoms with Crippen molar-refractivity contribution in [2.24, 2.45) is 5.92 Å². The van der Waals surface area contributed by atoms with E-state index in [1.807, 2.05) is 49.4 Å². The average Bonchev–Trinajstić information content (AvgIpc) is 3.16. The molecule has 3 aromatic rings. The standard InChI is InChI=1S/C22H25ClN4O2/c1-2-29-20-8-4-3-6-15(20)13-24-21(28)16-7-5-11-27(14-16)22-25-18-10-9-17(23)12-19(18)26-22/h3-4,6,8-10,12,16H,2,5,7,11,13-14H2,1H3,(H,24,28)(H,25,26)/t16-/m1/s1. The summed E-state index contributed by atoms with van der Waals surface area (Å²) in [5.74, 6) is 1.61. The molecule has 0 radical (unpaired) electrons. The minimum atomic E-state index is -0.0696. The summed E-state index contributed by atoms with van der Waals surface area (Å²) in [5, 5.41) is 3.76. The molecule has 2 N–H and O–H groups in total. The molecule has 1 aromatic heterocycles. The number of H-pyrrole nitrogens is 1. The molecule has 7 heteroatoms. The van der Waals surface area contributed by atoms with Gasteiger partial charge in [0.15, 0.2) is 0 Å². The SMILES string of the molecule is CCOc1ccccc1CNC(=O)[C@@H]1CCCN(c2nc3ccc(Cl)cc3[nH]2)C1. The third-order valence-electron chi connectivity index (χ3n) is 5.25. The van der Waals surface area contributed by atoms with Crippen LogP contribution in [-0.2, 0) is 11.3 Å². The van der Waals surface area contributed by atoms with Crippen LogP contribution in [0.1, 0.15) is 25.3 Å². The Bertz CT molecular complexity index is 1000. The van der Waals surface area contributed by atoms with Gasteiger partial charge in [-0.25, -0.2) is 4.98 Å². The van der Waals surface area contributed by atoms with Gasteiger partial charge in [0.1, 0.15) is 5.75 Å². The summed E-state index contributed by atoms with van der Waals surface area (Å²) in [5.41, 5.74) is 2.78. The smallest absolute Gasteiger partial charge is 0.225 e. The normalized spacial score (nSPS) is 16.8. The average molecular weight is 413 g/mol. The Balaban J connectivity index is 1.40. The number of para-hydroxylation sites is 1. The Labute approximate surface area is 175 Å². The number of aromatic amines is 1. The zero-order chi connectivity index (χ0) is 20.2. The first-order valence-electron chi connectivity index (χ1n) is 10.0. The summed E-state index contributed by atoms with van der Waals surface area (Å²) in [6.07, 6.45) is 1.83. The van der Waals surface area contributed by atoms with Crippen molar-refractivity contribution in [2.45, 2.75) is 26.3 Å². The number of amides is 1. The molecule has 1 aliphatic heterocycles. The molecule has 0 spiro atoms. The lowest BCUT2D eigenvalue weighted by Gasteiger charge is -2.31. The van der Waals surface area contributed by atoms with E-state index in [0.29, 0.717) is 24.7 Å². The fraction of sp³-hybridized carbons (Fsp3) is 0.364. The molecule has 0 saturated carbocycles. The molecular weight excluding hydrogens is 388 g/mol. The maximum Gasteiger partial charge on any atom is 0.225 e. The predicted molar refractivity (Wildman–Crippen MR) is 115 cm³/mol.